The Labute approximate surface area is 221 Å². The molecule has 0 saturated heterocycles. The van der Waals surface area contributed by atoms with E-state index in [4.69, 9.17) is 22.1 Å². The number of guanidine groups is 1. The lowest BCUT2D eigenvalue weighted by molar-refractivity contribution is -0.132. The van der Waals surface area contributed by atoms with Crippen LogP contribution >= 0.6 is 11.6 Å². The number of pyridine rings is 1. The average Bonchev–Trinajstić information content (AvgIpc) is 3.59. The molecule has 10 heteroatoms. The zero-order valence-corrected chi connectivity index (χ0v) is 22.1. The summed E-state index contributed by atoms with van der Waals surface area (Å²) in [7, 11) is 0. The van der Waals surface area contributed by atoms with Gasteiger partial charge in [-0.2, -0.15) is 0 Å². The van der Waals surface area contributed by atoms with Gasteiger partial charge < -0.3 is 20.9 Å². The van der Waals surface area contributed by atoms with Crippen LogP contribution in [0, 0.1) is 11.8 Å². The molecular formula is C27H32ClN5O4. The van der Waals surface area contributed by atoms with Gasteiger partial charge in [-0.05, 0) is 57.7 Å². The quantitative estimate of drug-likeness (QED) is 0.550. The number of hydrogen-bond donors (Lipinski definition) is 3. The third-order valence-corrected chi connectivity index (χ3v) is 7.60. The van der Waals surface area contributed by atoms with Crippen molar-refractivity contribution in [2.45, 2.75) is 69.9 Å². The molecule has 5 atom stereocenters. The number of nitrogens with one attached hydrogen (secondary N) is 1. The Morgan fingerprint density at radius 2 is 2.00 bits per heavy atom. The smallest absolute Gasteiger partial charge is 0.232 e. The van der Waals surface area contributed by atoms with Crippen molar-refractivity contribution in [2.75, 3.05) is 0 Å². The summed E-state index contributed by atoms with van der Waals surface area (Å²) in [5, 5.41) is 14.5. The van der Waals surface area contributed by atoms with Crippen LogP contribution in [0.25, 0.3) is 0 Å². The number of aromatic nitrogens is 1. The van der Waals surface area contributed by atoms with Crippen LogP contribution in [0.5, 0.6) is 5.75 Å². The highest BCUT2D eigenvalue weighted by atomic mass is 35.5. The normalized spacial score (nSPS) is 28.4. The van der Waals surface area contributed by atoms with Gasteiger partial charge in [-0.3, -0.25) is 19.5 Å². The van der Waals surface area contributed by atoms with Gasteiger partial charge in [-0.25, -0.2) is 4.99 Å². The van der Waals surface area contributed by atoms with Crippen molar-refractivity contribution in [3.8, 4) is 5.75 Å². The summed E-state index contributed by atoms with van der Waals surface area (Å²) in [6.07, 6.45) is 2.94. The van der Waals surface area contributed by atoms with Gasteiger partial charge in [0.1, 0.15) is 17.5 Å². The molecule has 2 aromatic rings. The van der Waals surface area contributed by atoms with Gasteiger partial charge in [0, 0.05) is 23.9 Å². The molecule has 0 radical (unpaired) electrons. The third-order valence-electron chi connectivity index (χ3n) is 7.40. The van der Waals surface area contributed by atoms with Crippen molar-refractivity contribution < 1.29 is 19.4 Å². The number of para-hydroxylation sites is 1. The second kappa shape index (κ2) is 8.99. The first kappa shape index (κ1) is 25.5. The number of carbonyl (C=O) groups is 2. The molecule has 9 nitrogen and oxygen atoms in total. The first-order valence-corrected chi connectivity index (χ1v) is 12.8. The molecule has 0 bridgehead atoms. The van der Waals surface area contributed by atoms with Gasteiger partial charge in [-0.1, -0.05) is 29.8 Å². The number of amides is 2. The van der Waals surface area contributed by atoms with Crippen molar-refractivity contribution in [3.05, 3.63) is 58.9 Å². The molecule has 5 unspecified atom stereocenters. The molecule has 0 spiro atoms. The third kappa shape index (κ3) is 4.78. The van der Waals surface area contributed by atoms with E-state index in [1.165, 1.54) is 11.1 Å². The van der Waals surface area contributed by atoms with E-state index in [0.29, 0.717) is 22.8 Å². The highest BCUT2D eigenvalue weighted by Crippen LogP contribution is 2.52. The molecule has 4 N–H and O–H groups in total. The van der Waals surface area contributed by atoms with E-state index in [1.807, 2.05) is 38.1 Å². The van der Waals surface area contributed by atoms with Crippen LogP contribution < -0.4 is 15.8 Å². The lowest BCUT2D eigenvalue weighted by Crippen LogP contribution is -2.54. The highest BCUT2D eigenvalue weighted by molar-refractivity contribution is 6.30. The van der Waals surface area contributed by atoms with Crippen LogP contribution in [0.15, 0.2) is 47.7 Å². The maximum atomic E-state index is 13.5. The average molecular weight is 526 g/mol. The second-order valence-electron chi connectivity index (χ2n) is 11.3. The van der Waals surface area contributed by atoms with Gasteiger partial charge in [0.2, 0.25) is 11.8 Å². The first-order valence-electron chi connectivity index (χ1n) is 12.4. The molecule has 1 fully saturated rings. The maximum absolute atomic E-state index is 13.5. The lowest BCUT2D eigenvalue weighted by atomic mass is 9.86. The number of hydrogen-bond acceptors (Lipinski definition) is 7. The van der Waals surface area contributed by atoms with Gasteiger partial charge in [0.15, 0.2) is 5.96 Å². The Bertz CT molecular complexity index is 1280. The largest absolute Gasteiger partial charge is 0.485 e. The number of carbonyl (C=O) groups excluding carboxylic acids is 2. The molecular weight excluding hydrogens is 494 g/mol. The Morgan fingerprint density at radius 1 is 1.27 bits per heavy atom. The lowest BCUT2D eigenvalue weighted by Gasteiger charge is -2.42. The SMILES string of the molecule is CC1(C)CC(=O)N(C(c2cncc(Cl)c2)C2CC2C(=O)NC2c3ccccc3OC(C)(C)C2O)C(N)=N1. The van der Waals surface area contributed by atoms with E-state index < -0.39 is 35.2 Å². The second-order valence-corrected chi connectivity index (χ2v) is 11.7. The first-order chi connectivity index (χ1) is 17.4. The van der Waals surface area contributed by atoms with Crippen molar-refractivity contribution in [2.24, 2.45) is 22.6 Å². The molecule has 1 aromatic carbocycles. The number of aliphatic hydroxyl groups excluding tert-OH is 1. The number of halogens is 1. The van der Waals surface area contributed by atoms with E-state index in [-0.39, 0.29) is 30.1 Å². The minimum Gasteiger partial charge on any atom is -0.485 e. The molecule has 2 aliphatic heterocycles. The number of aliphatic hydroxyl groups is 1. The predicted molar refractivity (Wildman–Crippen MR) is 139 cm³/mol. The van der Waals surface area contributed by atoms with Crippen LogP contribution in [0.3, 0.4) is 0 Å². The summed E-state index contributed by atoms with van der Waals surface area (Å²) in [4.78, 5) is 37.0. The highest BCUT2D eigenvalue weighted by Gasteiger charge is 2.54. The predicted octanol–water partition coefficient (Wildman–Crippen LogP) is 3.13. The van der Waals surface area contributed by atoms with Crippen LogP contribution in [-0.2, 0) is 9.59 Å². The topological polar surface area (TPSA) is 130 Å². The molecule has 2 amide bonds. The van der Waals surface area contributed by atoms with Gasteiger partial charge in [-0.15, -0.1) is 0 Å². The zero-order chi connectivity index (χ0) is 26.7. The standard InChI is InChI=1S/C27H32ClN5O4/c1-26(2)11-20(34)33(25(29)32-26)22(14-9-15(28)13-30-12-14)17-10-18(17)24(36)31-21-16-7-5-6-8-19(16)37-27(3,4)23(21)35/h5-9,12-13,17-18,21-23,35H,10-11H2,1-4H3,(H2,29,32)(H,31,36). The molecule has 5 rings (SSSR count). The summed E-state index contributed by atoms with van der Waals surface area (Å²) in [5.41, 5.74) is 6.24. The maximum Gasteiger partial charge on any atom is 0.232 e. The van der Waals surface area contributed by atoms with Crippen molar-refractivity contribution in [1.82, 2.24) is 15.2 Å². The molecule has 1 saturated carbocycles. The van der Waals surface area contributed by atoms with E-state index in [1.54, 1.807) is 26.1 Å². The molecule has 1 aromatic heterocycles. The number of fused-ring (bicyclic) bond motifs is 1. The number of aliphatic imine (C=N–C) groups is 1. The van der Waals surface area contributed by atoms with E-state index in [0.717, 1.165) is 5.56 Å². The molecule has 37 heavy (non-hydrogen) atoms. The van der Waals surface area contributed by atoms with Crippen LogP contribution in [0.2, 0.25) is 5.02 Å². The Morgan fingerprint density at radius 3 is 2.70 bits per heavy atom. The van der Waals surface area contributed by atoms with Gasteiger partial charge >= 0.3 is 0 Å². The minimum atomic E-state index is -0.954. The number of nitrogens with two attached hydrogens (primary N) is 1. The number of ether oxygens (including phenoxy) is 1. The summed E-state index contributed by atoms with van der Waals surface area (Å²) in [5.74, 6) is -0.244. The van der Waals surface area contributed by atoms with Gasteiger partial charge in [0.25, 0.3) is 0 Å². The van der Waals surface area contributed by atoms with Gasteiger partial charge in [0.05, 0.1) is 29.1 Å². The van der Waals surface area contributed by atoms with Crippen LogP contribution in [-0.4, -0.2) is 50.0 Å². The van der Waals surface area contributed by atoms with Crippen molar-refractivity contribution >= 4 is 29.4 Å². The molecule has 3 aliphatic rings. The summed E-state index contributed by atoms with van der Waals surface area (Å²) < 4.78 is 5.98. The summed E-state index contributed by atoms with van der Waals surface area (Å²) in [6, 6.07) is 7.94. The van der Waals surface area contributed by atoms with E-state index in [9.17, 15) is 14.7 Å². The number of nitrogens with zero attached hydrogens (tertiary/aromatic N) is 3. The Hall–Kier alpha value is -3.17. The fourth-order valence-corrected chi connectivity index (χ4v) is 5.67. The summed E-state index contributed by atoms with van der Waals surface area (Å²) in [6.45, 7) is 7.30. The monoisotopic (exact) mass is 525 g/mol. The molecule has 196 valence electrons. The van der Waals surface area contributed by atoms with Crippen LogP contribution in [0.1, 0.15) is 63.7 Å². The van der Waals surface area contributed by atoms with E-state index in [2.05, 4.69) is 15.3 Å². The minimum absolute atomic E-state index is 0.118. The van der Waals surface area contributed by atoms with Crippen molar-refractivity contribution in [3.63, 3.8) is 0 Å². The fraction of sp³-hybridized carbons (Fsp3) is 0.481. The number of benzene rings is 1. The molecule has 1 aliphatic carbocycles. The van der Waals surface area contributed by atoms with E-state index >= 15 is 0 Å². The fourth-order valence-electron chi connectivity index (χ4n) is 5.49. The Kier molecular flexibility index (Phi) is 6.19. The molecule has 3 heterocycles. The van der Waals surface area contributed by atoms with Crippen LogP contribution in [0.4, 0.5) is 0 Å². The Balaban J connectivity index is 1.43. The zero-order valence-electron chi connectivity index (χ0n) is 21.3. The summed E-state index contributed by atoms with van der Waals surface area (Å²) >= 11 is 6.24. The van der Waals surface area contributed by atoms with Crippen molar-refractivity contribution in [1.29, 1.82) is 0 Å². The number of rotatable bonds is 5.